The number of aromatic nitrogens is 1. The van der Waals surface area contributed by atoms with Crippen molar-refractivity contribution in [2.24, 2.45) is 0 Å². The van der Waals surface area contributed by atoms with Crippen LogP contribution in [-0.4, -0.2) is 17.6 Å². The molecule has 0 saturated carbocycles. The molecule has 0 fully saturated rings. The zero-order valence-electron chi connectivity index (χ0n) is 18.9. The SMILES string of the molecule is COc1ccccc1CNC(=O)c1ccc(-n2c(-c3ccccc3)cc3c2CCCC3)cc1. The Balaban J connectivity index is 1.41. The molecular formula is C29H28N2O2. The molecule has 0 atom stereocenters. The van der Waals surface area contributed by atoms with Gasteiger partial charge in [0.05, 0.1) is 12.8 Å². The Morgan fingerprint density at radius 1 is 0.909 bits per heavy atom. The summed E-state index contributed by atoms with van der Waals surface area (Å²) in [6.45, 7) is 0.424. The number of hydrogen-bond acceptors (Lipinski definition) is 2. The largest absolute Gasteiger partial charge is 0.496 e. The molecule has 1 aliphatic carbocycles. The first-order chi connectivity index (χ1) is 16.2. The van der Waals surface area contributed by atoms with Crippen LogP contribution >= 0.6 is 0 Å². The highest BCUT2D eigenvalue weighted by molar-refractivity contribution is 5.94. The highest BCUT2D eigenvalue weighted by Gasteiger charge is 2.20. The third-order valence-electron chi connectivity index (χ3n) is 6.39. The predicted octanol–water partition coefficient (Wildman–Crippen LogP) is 5.96. The van der Waals surface area contributed by atoms with E-state index in [4.69, 9.17) is 4.74 Å². The summed E-state index contributed by atoms with van der Waals surface area (Å²) < 4.78 is 7.75. The summed E-state index contributed by atoms with van der Waals surface area (Å²) in [6.07, 6.45) is 4.68. The van der Waals surface area contributed by atoms with Gasteiger partial charge >= 0.3 is 0 Å². The molecule has 0 aliphatic heterocycles. The van der Waals surface area contributed by atoms with Gasteiger partial charge in [-0.05, 0) is 73.2 Å². The highest BCUT2D eigenvalue weighted by atomic mass is 16.5. The van der Waals surface area contributed by atoms with Crippen LogP contribution in [0.1, 0.15) is 40.0 Å². The number of carbonyl (C=O) groups is 1. The number of ether oxygens (including phenoxy) is 1. The number of fused-ring (bicyclic) bond motifs is 1. The van der Waals surface area contributed by atoms with Gasteiger partial charge in [-0.15, -0.1) is 0 Å². The summed E-state index contributed by atoms with van der Waals surface area (Å²) in [7, 11) is 1.64. The van der Waals surface area contributed by atoms with E-state index in [1.807, 2.05) is 36.4 Å². The number of carbonyl (C=O) groups excluding carboxylic acids is 1. The second-order valence-electron chi connectivity index (χ2n) is 8.45. The van der Waals surface area contributed by atoms with E-state index in [-0.39, 0.29) is 5.91 Å². The monoisotopic (exact) mass is 436 g/mol. The number of benzene rings is 3. The molecule has 0 bridgehead atoms. The smallest absolute Gasteiger partial charge is 0.251 e. The Bertz CT molecular complexity index is 1260. The van der Waals surface area contributed by atoms with Crippen molar-refractivity contribution in [3.63, 3.8) is 0 Å². The van der Waals surface area contributed by atoms with Gasteiger partial charge in [0.1, 0.15) is 5.75 Å². The molecule has 1 amide bonds. The number of aryl methyl sites for hydroxylation is 1. The first-order valence-corrected chi connectivity index (χ1v) is 11.5. The normalized spacial score (nSPS) is 12.8. The molecule has 1 aromatic heterocycles. The van der Waals surface area contributed by atoms with Crippen LogP contribution in [0.2, 0.25) is 0 Å². The Morgan fingerprint density at radius 2 is 1.64 bits per heavy atom. The average molecular weight is 437 g/mol. The van der Waals surface area contributed by atoms with E-state index in [1.54, 1.807) is 7.11 Å². The van der Waals surface area contributed by atoms with Gasteiger partial charge in [-0.25, -0.2) is 0 Å². The second kappa shape index (κ2) is 9.37. The maximum Gasteiger partial charge on any atom is 0.251 e. The van der Waals surface area contributed by atoms with E-state index in [0.717, 1.165) is 29.8 Å². The Morgan fingerprint density at radius 3 is 2.42 bits per heavy atom. The van der Waals surface area contributed by atoms with Gasteiger partial charge in [0.25, 0.3) is 5.91 Å². The van der Waals surface area contributed by atoms with Gasteiger partial charge in [-0.3, -0.25) is 4.79 Å². The van der Waals surface area contributed by atoms with Gasteiger partial charge in [-0.2, -0.15) is 0 Å². The molecule has 0 radical (unpaired) electrons. The van der Waals surface area contributed by atoms with Crippen LogP contribution in [0.15, 0.2) is 84.9 Å². The topological polar surface area (TPSA) is 43.3 Å². The van der Waals surface area contributed by atoms with Crippen molar-refractivity contribution in [2.75, 3.05) is 7.11 Å². The van der Waals surface area contributed by atoms with E-state index < -0.39 is 0 Å². The first kappa shape index (κ1) is 21.1. The van der Waals surface area contributed by atoms with Gasteiger partial charge in [0, 0.05) is 29.1 Å². The fourth-order valence-electron chi connectivity index (χ4n) is 4.70. The minimum absolute atomic E-state index is 0.0923. The molecule has 0 saturated heterocycles. The Kier molecular flexibility index (Phi) is 5.99. The van der Waals surface area contributed by atoms with Gasteiger partial charge in [0.15, 0.2) is 0 Å². The van der Waals surface area contributed by atoms with Crippen molar-refractivity contribution in [3.05, 3.63) is 107 Å². The summed E-state index contributed by atoms with van der Waals surface area (Å²) in [5.74, 6) is 0.684. The van der Waals surface area contributed by atoms with E-state index >= 15 is 0 Å². The molecule has 4 aromatic rings. The van der Waals surface area contributed by atoms with Crippen molar-refractivity contribution in [1.82, 2.24) is 9.88 Å². The molecule has 1 aliphatic rings. The molecule has 5 rings (SSSR count). The lowest BCUT2D eigenvalue weighted by Crippen LogP contribution is -2.23. The molecule has 1 N–H and O–H groups in total. The van der Waals surface area contributed by atoms with Crippen LogP contribution in [0.5, 0.6) is 5.75 Å². The van der Waals surface area contributed by atoms with E-state index in [1.165, 1.54) is 35.4 Å². The zero-order chi connectivity index (χ0) is 22.6. The molecule has 4 nitrogen and oxygen atoms in total. The summed E-state index contributed by atoms with van der Waals surface area (Å²) >= 11 is 0. The number of nitrogens with one attached hydrogen (secondary N) is 1. The van der Waals surface area contributed by atoms with Crippen LogP contribution in [0, 0.1) is 0 Å². The highest BCUT2D eigenvalue weighted by Crippen LogP contribution is 2.34. The van der Waals surface area contributed by atoms with Crippen molar-refractivity contribution >= 4 is 5.91 Å². The van der Waals surface area contributed by atoms with E-state index in [2.05, 4.69) is 58.4 Å². The number of rotatable bonds is 6. The summed E-state index contributed by atoms with van der Waals surface area (Å²) in [5.41, 5.74) is 7.97. The van der Waals surface area contributed by atoms with Crippen molar-refractivity contribution in [2.45, 2.75) is 32.2 Å². The molecule has 33 heavy (non-hydrogen) atoms. The molecule has 1 heterocycles. The molecular weight excluding hydrogens is 408 g/mol. The lowest BCUT2D eigenvalue weighted by molar-refractivity contribution is 0.0950. The minimum atomic E-state index is -0.0923. The summed E-state index contributed by atoms with van der Waals surface area (Å²) in [5, 5.41) is 3.01. The van der Waals surface area contributed by atoms with Crippen LogP contribution in [0.25, 0.3) is 16.9 Å². The number of para-hydroxylation sites is 1. The number of hydrogen-bond donors (Lipinski definition) is 1. The van der Waals surface area contributed by atoms with Crippen LogP contribution in [0.4, 0.5) is 0 Å². The Labute approximate surface area is 194 Å². The third-order valence-corrected chi connectivity index (χ3v) is 6.39. The van der Waals surface area contributed by atoms with Crippen molar-refractivity contribution in [1.29, 1.82) is 0 Å². The van der Waals surface area contributed by atoms with Crippen molar-refractivity contribution in [3.8, 4) is 22.7 Å². The molecule has 0 spiro atoms. The second-order valence-corrected chi connectivity index (χ2v) is 8.45. The maximum absolute atomic E-state index is 12.8. The van der Waals surface area contributed by atoms with Gasteiger partial charge in [-0.1, -0.05) is 48.5 Å². The molecule has 0 unspecified atom stereocenters. The molecule has 166 valence electrons. The summed E-state index contributed by atoms with van der Waals surface area (Å²) in [6, 6.07) is 28.6. The summed E-state index contributed by atoms with van der Waals surface area (Å²) in [4.78, 5) is 12.8. The van der Waals surface area contributed by atoms with Gasteiger partial charge < -0.3 is 14.6 Å². The number of amides is 1. The Hall–Kier alpha value is -3.79. The standard InChI is InChI=1S/C29H28N2O2/c1-33-28-14-8-6-12-24(28)20-30-29(32)22-15-17-25(18-16-22)31-26-13-7-5-11-23(26)19-27(31)21-9-3-2-4-10-21/h2-4,6,8-10,12,14-19H,5,7,11,13,20H2,1H3,(H,30,32). The quantitative estimate of drug-likeness (QED) is 0.405. The number of nitrogens with zero attached hydrogens (tertiary/aromatic N) is 1. The van der Waals surface area contributed by atoms with Gasteiger partial charge in [0.2, 0.25) is 0 Å². The van der Waals surface area contributed by atoms with Crippen LogP contribution in [0.3, 0.4) is 0 Å². The average Bonchev–Trinajstić information content (AvgIpc) is 3.28. The van der Waals surface area contributed by atoms with Crippen LogP contribution < -0.4 is 10.1 Å². The van der Waals surface area contributed by atoms with Crippen molar-refractivity contribution < 1.29 is 9.53 Å². The zero-order valence-corrected chi connectivity index (χ0v) is 18.9. The van der Waals surface area contributed by atoms with Crippen LogP contribution in [-0.2, 0) is 19.4 Å². The lowest BCUT2D eigenvalue weighted by atomic mass is 9.98. The molecule has 4 heteroatoms. The number of methoxy groups -OCH3 is 1. The third kappa shape index (κ3) is 4.29. The first-order valence-electron chi connectivity index (χ1n) is 11.5. The predicted molar refractivity (Wildman–Crippen MR) is 132 cm³/mol. The lowest BCUT2D eigenvalue weighted by Gasteiger charge is -2.18. The minimum Gasteiger partial charge on any atom is -0.496 e. The maximum atomic E-state index is 12.8. The molecule has 3 aromatic carbocycles. The fraction of sp³-hybridized carbons (Fsp3) is 0.207. The van der Waals surface area contributed by atoms with E-state index in [0.29, 0.717) is 12.1 Å². The van der Waals surface area contributed by atoms with E-state index in [9.17, 15) is 4.79 Å². The fourth-order valence-corrected chi connectivity index (χ4v) is 4.70.